The minimum absolute atomic E-state index is 0.0394. The summed E-state index contributed by atoms with van der Waals surface area (Å²) < 4.78 is 11.5. The van der Waals surface area contributed by atoms with Gasteiger partial charge in [-0.15, -0.1) is 6.58 Å². The zero-order valence-electron chi connectivity index (χ0n) is 12.9. The molecule has 1 atom stereocenters. The van der Waals surface area contributed by atoms with Crippen LogP contribution in [0.15, 0.2) is 31.0 Å². The summed E-state index contributed by atoms with van der Waals surface area (Å²) in [5, 5.41) is 8.96. The average Bonchev–Trinajstić information content (AvgIpc) is 2.81. The van der Waals surface area contributed by atoms with Crippen LogP contribution in [0, 0.1) is 11.3 Å². The second-order valence-corrected chi connectivity index (χ2v) is 5.37. The molecule has 1 aromatic heterocycles. The van der Waals surface area contributed by atoms with E-state index in [1.54, 1.807) is 18.3 Å². The maximum atomic E-state index is 8.96. The molecule has 5 heteroatoms. The van der Waals surface area contributed by atoms with Crippen molar-refractivity contribution < 1.29 is 9.47 Å². The van der Waals surface area contributed by atoms with Crippen LogP contribution >= 0.6 is 0 Å². The van der Waals surface area contributed by atoms with Crippen LogP contribution in [0.25, 0.3) is 0 Å². The molecule has 22 heavy (non-hydrogen) atoms. The van der Waals surface area contributed by atoms with Gasteiger partial charge < -0.3 is 9.47 Å². The van der Waals surface area contributed by atoms with E-state index in [1.165, 1.54) is 0 Å². The maximum Gasteiger partial charge on any atom is 0.214 e. The van der Waals surface area contributed by atoms with Gasteiger partial charge in [-0.3, -0.25) is 4.90 Å². The van der Waals surface area contributed by atoms with Crippen molar-refractivity contribution in [1.29, 1.82) is 5.26 Å². The molecule has 1 saturated heterocycles. The van der Waals surface area contributed by atoms with Gasteiger partial charge in [-0.1, -0.05) is 6.08 Å². The molecule has 0 aromatic carbocycles. The summed E-state index contributed by atoms with van der Waals surface area (Å²) in [6.45, 7) is 8.19. The molecule has 0 radical (unpaired) electrons. The Bertz CT molecular complexity index is 505. The van der Waals surface area contributed by atoms with E-state index in [1.807, 2.05) is 6.08 Å². The predicted molar refractivity (Wildman–Crippen MR) is 84.7 cm³/mol. The fraction of sp³-hybridized carbons (Fsp3) is 0.529. The Labute approximate surface area is 132 Å². The van der Waals surface area contributed by atoms with E-state index >= 15 is 0 Å². The maximum absolute atomic E-state index is 8.96. The van der Waals surface area contributed by atoms with E-state index in [9.17, 15) is 0 Å². The molecule has 2 heterocycles. The summed E-state index contributed by atoms with van der Waals surface area (Å²) in [6, 6.07) is 5.48. The Morgan fingerprint density at radius 2 is 2.41 bits per heavy atom. The molecule has 0 unspecified atom stereocenters. The molecule has 1 fully saturated rings. The van der Waals surface area contributed by atoms with Crippen LogP contribution in [0.5, 0.6) is 5.88 Å². The minimum atomic E-state index is 0.0394. The normalized spacial score (nSPS) is 17.2. The highest BCUT2D eigenvalue weighted by atomic mass is 16.5. The first kappa shape index (κ1) is 16.5. The summed E-state index contributed by atoms with van der Waals surface area (Å²) in [5.41, 5.74) is 0.565. The largest absolute Gasteiger partial charge is 0.473 e. The predicted octanol–water partition coefficient (Wildman–Crippen LogP) is 2.39. The van der Waals surface area contributed by atoms with Crippen LogP contribution in [0.3, 0.4) is 0 Å². The third-order valence-electron chi connectivity index (χ3n) is 3.62. The number of hydrogen-bond acceptors (Lipinski definition) is 5. The van der Waals surface area contributed by atoms with Crippen molar-refractivity contribution in [3.63, 3.8) is 0 Å². The van der Waals surface area contributed by atoms with Crippen molar-refractivity contribution in [1.82, 2.24) is 9.88 Å². The number of ether oxygens (including phenoxy) is 2. The number of nitrogens with zero attached hydrogens (tertiary/aromatic N) is 3. The van der Waals surface area contributed by atoms with Crippen molar-refractivity contribution in [3.05, 3.63) is 36.5 Å². The fourth-order valence-electron chi connectivity index (χ4n) is 2.47. The highest BCUT2D eigenvalue weighted by molar-refractivity contribution is 5.31. The first-order chi connectivity index (χ1) is 10.8. The molecule has 0 aliphatic carbocycles. The van der Waals surface area contributed by atoms with Crippen molar-refractivity contribution in [2.24, 2.45) is 0 Å². The Balaban J connectivity index is 1.98. The van der Waals surface area contributed by atoms with Gasteiger partial charge in [0.1, 0.15) is 6.10 Å². The van der Waals surface area contributed by atoms with Gasteiger partial charge in [-0.2, -0.15) is 5.26 Å². The molecule has 2 rings (SSSR count). The molecule has 1 aliphatic rings. The summed E-state index contributed by atoms with van der Waals surface area (Å²) in [6.07, 6.45) is 6.39. The number of aromatic nitrogens is 1. The lowest BCUT2D eigenvalue weighted by atomic mass is 10.1. The Morgan fingerprint density at radius 3 is 3.23 bits per heavy atom. The average molecular weight is 301 g/mol. The molecule has 0 N–H and O–H groups in total. The Morgan fingerprint density at radius 1 is 1.50 bits per heavy atom. The zero-order chi connectivity index (χ0) is 15.6. The number of hydrogen-bond donors (Lipinski definition) is 0. The van der Waals surface area contributed by atoms with Crippen LogP contribution in [0.1, 0.15) is 24.8 Å². The standard InChI is InChI=1S/C17H23N3O2/c1-2-3-5-16(14-20-8-4-10-21-11-9-20)22-17-12-15(13-18)6-7-19-17/h2,6-7,12,16H,1,3-5,8-11,14H2/t16-/m0/s1. The molecular weight excluding hydrogens is 278 g/mol. The lowest BCUT2D eigenvalue weighted by Gasteiger charge is -2.26. The smallest absolute Gasteiger partial charge is 0.214 e. The topological polar surface area (TPSA) is 58.4 Å². The number of pyridine rings is 1. The molecule has 1 aliphatic heterocycles. The van der Waals surface area contributed by atoms with E-state index in [-0.39, 0.29) is 6.10 Å². The van der Waals surface area contributed by atoms with Crippen LogP contribution in [-0.4, -0.2) is 48.8 Å². The Kier molecular flexibility index (Phi) is 6.88. The summed E-state index contributed by atoms with van der Waals surface area (Å²) in [5.74, 6) is 0.513. The van der Waals surface area contributed by atoms with Gasteiger partial charge in [0, 0.05) is 38.5 Å². The molecule has 0 saturated carbocycles. The van der Waals surface area contributed by atoms with Crippen molar-refractivity contribution in [2.45, 2.75) is 25.4 Å². The second kappa shape index (κ2) is 9.19. The van der Waals surface area contributed by atoms with Gasteiger partial charge in [0.15, 0.2) is 0 Å². The number of rotatable bonds is 7. The molecule has 5 nitrogen and oxygen atoms in total. The van der Waals surface area contributed by atoms with Crippen molar-refractivity contribution in [2.75, 3.05) is 32.8 Å². The van der Waals surface area contributed by atoms with Crippen LogP contribution in [-0.2, 0) is 4.74 Å². The van der Waals surface area contributed by atoms with Gasteiger partial charge in [0.25, 0.3) is 0 Å². The first-order valence-electron chi connectivity index (χ1n) is 7.75. The van der Waals surface area contributed by atoms with E-state index in [2.05, 4.69) is 22.5 Å². The van der Waals surface area contributed by atoms with Crippen LogP contribution in [0.4, 0.5) is 0 Å². The zero-order valence-corrected chi connectivity index (χ0v) is 12.9. The quantitative estimate of drug-likeness (QED) is 0.724. The van der Waals surface area contributed by atoms with Gasteiger partial charge in [0.2, 0.25) is 5.88 Å². The molecule has 0 amide bonds. The molecule has 118 valence electrons. The SMILES string of the molecule is C=CCC[C@@H](CN1CCCOCC1)Oc1cc(C#N)ccn1. The highest BCUT2D eigenvalue weighted by Gasteiger charge is 2.17. The summed E-state index contributed by atoms with van der Waals surface area (Å²) in [7, 11) is 0. The highest BCUT2D eigenvalue weighted by Crippen LogP contribution is 2.15. The Hall–Kier alpha value is -1.90. The van der Waals surface area contributed by atoms with Crippen LogP contribution in [0.2, 0.25) is 0 Å². The first-order valence-corrected chi connectivity index (χ1v) is 7.75. The molecule has 0 bridgehead atoms. The molecule has 1 aromatic rings. The second-order valence-electron chi connectivity index (χ2n) is 5.37. The number of nitriles is 1. The molecule has 0 spiro atoms. The lowest BCUT2D eigenvalue weighted by Crippen LogP contribution is -2.37. The van der Waals surface area contributed by atoms with Gasteiger partial charge >= 0.3 is 0 Å². The van der Waals surface area contributed by atoms with Gasteiger partial charge in [0.05, 0.1) is 18.2 Å². The van der Waals surface area contributed by atoms with Crippen molar-refractivity contribution in [3.8, 4) is 11.9 Å². The van der Waals surface area contributed by atoms with Crippen molar-refractivity contribution >= 4 is 0 Å². The van der Waals surface area contributed by atoms with Gasteiger partial charge in [-0.25, -0.2) is 4.98 Å². The van der Waals surface area contributed by atoms with E-state index in [0.717, 1.165) is 52.1 Å². The number of allylic oxidation sites excluding steroid dienone is 1. The summed E-state index contributed by atoms with van der Waals surface area (Å²) >= 11 is 0. The lowest BCUT2D eigenvalue weighted by molar-refractivity contribution is 0.109. The van der Waals surface area contributed by atoms with E-state index in [0.29, 0.717) is 11.4 Å². The van der Waals surface area contributed by atoms with Crippen LogP contribution < -0.4 is 4.74 Å². The third-order valence-corrected chi connectivity index (χ3v) is 3.62. The van der Waals surface area contributed by atoms with E-state index < -0.39 is 0 Å². The van der Waals surface area contributed by atoms with Gasteiger partial charge in [-0.05, 0) is 25.3 Å². The third kappa shape index (κ3) is 5.47. The van der Waals surface area contributed by atoms with E-state index in [4.69, 9.17) is 14.7 Å². The fourth-order valence-corrected chi connectivity index (χ4v) is 2.47. The summed E-state index contributed by atoms with van der Waals surface area (Å²) in [4.78, 5) is 6.57. The molecular formula is C17H23N3O2. The monoisotopic (exact) mass is 301 g/mol. The minimum Gasteiger partial charge on any atom is -0.473 e.